The average molecular weight is 259 g/mol. The second-order valence-corrected chi connectivity index (χ2v) is 5.67. The van der Waals surface area contributed by atoms with Gasteiger partial charge >= 0.3 is 0 Å². The van der Waals surface area contributed by atoms with Gasteiger partial charge in [-0.1, -0.05) is 38.1 Å². The molecule has 0 amide bonds. The molecule has 1 aromatic rings. The Hall–Kier alpha value is -1.28. The third-order valence-electron chi connectivity index (χ3n) is 3.46. The van der Waals surface area contributed by atoms with E-state index >= 15 is 0 Å². The van der Waals surface area contributed by atoms with Crippen molar-refractivity contribution in [1.29, 1.82) is 0 Å². The van der Waals surface area contributed by atoms with Gasteiger partial charge in [0.2, 0.25) is 0 Å². The van der Waals surface area contributed by atoms with Crippen molar-refractivity contribution in [3.05, 3.63) is 35.4 Å². The van der Waals surface area contributed by atoms with Crippen LogP contribution in [0, 0.1) is 5.92 Å². The average Bonchev–Trinajstić information content (AvgIpc) is 2.85. The summed E-state index contributed by atoms with van der Waals surface area (Å²) in [5, 5.41) is 3.47. The van der Waals surface area contributed by atoms with E-state index in [-0.39, 0.29) is 0 Å². The van der Waals surface area contributed by atoms with Gasteiger partial charge in [0.15, 0.2) is 0 Å². The molecule has 0 aliphatic carbocycles. The maximum atomic E-state index is 5.75. The van der Waals surface area contributed by atoms with Gasteiger partial charge in [0.05, 0.1) is 6.61 Å². The van der Waals surface area contributed by atoms with E-state index in [9.17, 15) is 0 Å². The van der Waals surface area contributed by atoms with Crippen LogP contribution in [0.15, 0.2) is 24.3 Å². The summed E-state index contributed by atoms with van der Waals surface area (Å²) in [6.45, 7) is 9.62. The summed E-state index contributed by atoms with van der Waals surface area (Å²) < 4.78 is 5.75. The zero-order valence-corrected chi connectivity index (χ0v) is 12.3. The highest BCUT2D eigenvalue weighted by molar-refractivity contribution is 5.71. The summed E-state index contributed by atoms with van der Waals surface area (Å²) >= 11 is 0. The van der Waals surface area contributed by atoms with E-state index in [2.05, 4.69) is 50.4 Å². The van der Waals surface area contributed by atoms with E-state index in [0.717, 1.165) is 44.2 Å². The van der Waals surface area contributed by atoms with Crippen molar-refractivity contribution in [2.45, 2.75) is 33.6 Å². The highest BCUT2D eigenvalue weighted by Crippen LogP contribution is 2.33. The Balaban J connectivity index is 1.92. The van der Waals surface area contributed by atoms with Crippen LogP contribution in [0.1, 0.15) is 38.3 Å². The monoisotopic (exact) mass is 259 g/mol. The van der Waals surface area contributed by atoms with Crippen molar-refractivity contribution in [1.82, 2.24) is 5.32 Å². The lowest BCUT2D eigenvalue weighted by Gasteiger charge is -2.09. The zero-order chi connectivity index (χ0) is 13.7. The van der Waals surface area contributed by atoms with Gasteiger partial charge in [0.25, 0.3) is 0 Å². The summed E-state index contributed by atoms with van der Waals surface area (Å²) in [5.74, 6) is 1.82. The normalized spacial score (nSPS) is 14.6. The lowest BCUT2D eigenvalue weighted by atomic mass is 10.0. The van der Waals surface area contributed by atoms with Gasteiger partial charge in [-0.2, -0.15) is 0 Å². The van der Waals surface area contributed by atoms with Crippen molar-refractivity contribution in [3.63, 3.8) is 0 Å². The summed E-state index contributed by atoms with van der Waals surface area (Å²) in [7, 11) is 0. The standard InChI is InChI=1S/C17H25NO/c1-13(2)12-18-10-5-6-14(3)16-8-4-7-15-9-11-19-17(15)16/h4,6-8,13,18H,5,9-12H2,1-3H3/b14-6-. The van der Waals surface area contributed by atoms with Gasteiger partial charge in [-0.05, 0) is 43.5 Å². The lowest BCUT2D eigenvalue weighted by molar-refractivity contribution is 0.356. The van der Waals surface area contributed by atoms with Crippen molar-refractivity contribution >= 4 is 5.57 Å². The zero-order valence-electron chi connectivity index (χ0n) is 12.3. The summed E-state index contributed by atoms with van der Waals surface area (Å²) in [4.78, 5) is 0. The molecule has 2 heteroatoms. The molecule has 0 bridgehead atoms. The van der Waals surface area contributed by atoms with E-state index < -0.39 is 0 Å². The fourth-order valence-corrected chi connectivity index (χ4v) is 2.42. The number of nitrogens with one attached hydrogen (secondary N) is 1. The third-order valence-corrected chi connectivity index (χ3v) is 3.46. The molecule has 2 nitrogen and oxygen atoms in total. The number of rotatable bonds is 6. The lowest BCUT2D eigenvalue weighted by Crippen LogP contribution is -2.20. The number of benzene rings is 1. The fourth-order valence-electron chi connectivity index (χ4n) is 2.42. The first-order valence-corrected chi connectivity index (χ1v) is 7.31. The maximum Gasteiger partial charge on any atom is 0.130 e. The van der Waals surface area contributed by atoms with Crippen LogP contribution < -0.4 is 10.1 Å². The van der Waals surface area contributed by atoms with Crippen LogP contribution in [0.4, 0.5) is 0 Å². The molecule has 0 saturated heterocycles. The van der Waals surface area contributed by atoms with Crippen LogP contribution in [0.5, 0.6) is 5.75 Å². The largest absolute Gasteiger partial charge is 0.492 e. The SMILES string of the molecule is C/C(=C/CCNCC(C)C)c1cccc2c1OCC2. The highest BCUT2D eigenvalue weighted by atomic mass is 16.5. The Morgan fingerprint density at radius 2 is 2.26 bits per heavy atom. The molecular weight excluding hydrogens is 234 g/mol. The van der Waals surface area contributed by atoms with Crippen LogP contribution in [0.3, 0.4) is 0 Å². The molecule has 0 aromatic heterocycles. The quantitative estimate of drug-likeness (QED) is 0.787. The fraction of sp³-hybridized carbons (Fsp3) is 0.529. The molecular formula is C17H25NO. The van der Waals surface area contributed by atoms with Gasteiger partial charge in [-0.15, -0.1) is 0 Å². The van der Waals surface area contributed by atoms with E-state index in [1.54, 1.807) is 0 Å². The number of para-hydroxylation sites is 1. The Morgan fingerprint density at radius 1 is 1.42 bits per heavy atom. The molecule has 1 aromatic carbocycles. The first-order chi connectivity index (χ1) is 9.18. The molecule has 104 valence electrons. The van der Waals surface area contributed by atoms with Crippen LogP contribution in [0.25, 0.3) is 5.57 Å². The molecule has 0 saturated carbocycles. The molecule has 19 heavy (non-hydrogen) atoms. The molecule has 2 rings (SSSR count). The summed E-state index contributed by atoms with van der Waals surface area (Å²) in [6.07, 6.45) is 4.43. The van der Waals surface area contributed by atoms with Gasteiger partial charge < -0.3 is 10.1 Å². The first kappa shape index (κ1) is 14.1. The Morgan fingerprint density at radius 3 is 3.05 bits per heavy atom. The molecule has 1 heterocycles. The number of allylic oxidation sites excluding steroid dienone is 1. The van der Waals surface area contributed by atoms with Crippen molar-refractivity contribution < 1.29 is 4.74 Å². The van der Waals surface area contributed by atoms with Crippen LogP contribution in [-0.4, -0.2) is 19.7 Å². The topological polar surface area (TPSA) is 21.3 Å². The first-order valence-electron chi connectivity index (χ1n) is 7.31. The van der Waals surface area contributed by atoms with Crippen molar-refractivity contribution in [2.24, 2.45) is 5.92 Å². The van der Waals surface area contributed by atoms with Gasteiger partial charge in [0, 0.05) is 12.0 Å². The predicted molar refractivity (Wildman–Crippen MR) is 81.6 cm³/mol. The van der Waals surface area contributed by atoms with E-state index in [4.69, 9.17) is 4.74 Å². The number of fused-ring (bicyclic) bond motifs is 1. The minimum atomic E-state index is 0.718. The van der Waals surface area contributed by atoms with Gasteiger partial charge in [-0.3, -0.25) is 0 Å². The van der Waals surface area contributed by atoms with Crippen LogP contribution in [0.2, 0.25) is 0 Å². The number of ether oxygens (including phenoxy) is 1. The third kappa shape index (κ3) is 3.84. The molecule has 1 N–H and O–H groups in total. The molecule has 0 spiro atoms. The second-order valence-electron chi connectivity index (χ2n) is 5.67. The molecule has 0 unspecified atom stereocenters. The van der Waals surface area contributed by atoms with Gasteiger partial charge in [0.1, 0.15) is 5.75 Å². The van der Waals surface area contributed by atoms with E-state index in [1.165, 1.54) is 16.7 Å². The Kier molecular flexibility index (Phi) is 5.03. The maximum absolute atomic E-state index is 5.75. The smallest absolute Gasteiger partial charge is 0.130 e. The predicted octanol–water partition coefficient (Wildman–Crippen LogP) is 3.66. The summed E-state index contributed by atoms with van der Waals surface area (Å²) in [6, 6.07) is 6.47. The van der Waals surface area contributed by atoms with Crippen molar-refractivity contribution in [2.75, 3.05) is 19.7 Å². The summed E-state index contributed by atoms with van der Waals surface area (Å²) in [5.41, 5.74) is 3.94. The minimum Gasteiger partial charge on any atom is -0.492 e. The molecule has 1 aliphatic heterocycles. The number of hydrogen-bond acceptors (Lipinski definition) is 2. The Labute approximate surface area is 116 Å². The minimum absolute atomic E-state index is 0.718. The van der Waals surface area contributed by atoms with Crippen molar-refractivity contribution in [3.8, 4) is 5.75 Å². The second kappa shape index (κ2) is 6.76. The molecule has 0 radical (unpaired) electrons. The number of hydrogen-bond donors (Lipinski definition) is 1. The Bertz CT molecular complexity index is 449. The molecule has 1 aliphatic rings. The highest BCUT2D eigenvalue weighted by Gasteiger charge is 2.16. The van der Waals surface area contributed by atoms with E-state index in [1.807, 2.05) is 0 Å². The molecule has 0 atom stereocenters. The molecule has 0 fully saturated rings. The van der Waals surface area contributed by atoms with E-state index in [0.29, 0.717) is 0 Å². The van der Waals surface area contributed by atoms with Crippen LogP contribution >= 0.6 is 0 Å². The van der Waals surface area contributed by atoms with Crippen LogP contribution in [-0.2, 0) is 6.42 Å². The van der Waals surface area contributed by atoms with Gasteiger partial charge in [-0.25, -0.2) is 0 Å².